The summed E-state index contributed by atoms with van der Waals surface area (Å²) in [7, 11) is 0. The molecule has 0 aliphatic carbocycles. The molecular formula is C19H22Cl3F3N2O4. The largest absolute Gasteiger partial charge is 0.468 e. The third kappa shape index (κ3) is 8.12. The lowest BCUT2D eigenvalue weighted by Gasteiger charge is -2.29. The van der Waals surface area contributed by atoms with Crippen LogP contribution in [0.3, 0.4) is 0 Å². The molecule has 1 aromatic rings. The maximum absolute atomic E-state index is 13.2. The average Bonchev–Trinajstić information content (AvgIpc) is 3.00. The lowest BCUT2D eigenvalue weighted by atomic mass is 10.1. The number of amides is 2. The average molecular weight is 506 g/mol. The van der Waals surface area contributed by atoms with Crippen molar-refractivity contribution in [1.82, 2.24) is 4.90 Å². The Morgan fingerprint density at radius 2 is 1.84 bits per heavy atom. The van der Waals surface area contributed by atoms with E-state index in [9.17, 15) is 22.8 Å². The predicted octanol–water partition coefficient (Wildman–Crippen LogP) is 6.14. The second-order valence-electron chi connectivity index (χ2n) is 7.94. The number of ether oxygens (including phenoxy) is 2. The van der Waals surface area contributed by atoms with Gasteiger partial charge in [0.15, 0.2) is 10.0 Å². The molecule has 0 aromatic heterocycles. The van der Waals surface area contributed by atoms with Gasteiger partial charge in [-0.15, -0.1) is 0 Å². The molecule has 2 rings (SSSR count). The van der Waals surface area contributed by atoms with Crippen molar-refractivity contribution in [2.45, 2.75) is 61.8 Å². The third-order valence-corrected chi connectivity index (χ3v) is 4.43. The van der Waals surface area contributed by atoms with Gasteiger partial charge in [-0.1, -0.05) is 34.8 Å². The zero-order chi connectivity index (χ0) is 23.6. The number of nitrogens with zero attached hydrogens (tertiary/aromatic N) is 1. The SMILES string of the molecule is CC(C)(C)OC(=O)N1CCC[C@@H]1Oc1ccc(C(F)(F)F)cc1NC(=O)CC(Cl)(Cl)Cl. The number of anilines is 1. The van der Waals surface area contributed by atoms with Gasteiger partial charge in [-0.3, -0.25) is 9.69 Å². The molecule has 0 unspecified atom stereocenters. The standard InChI is InChI=1S/C19H22Cl3F3N2O4/c1-17(2,3)31-16(29)27-8-4-5-15(27)30-13-7-6-11(19(23,24)25)9-12(13)26-14(28)10-18(20,21)22/h6-7,9,15H,4-5,8,10H2,1-3H3,(H,26,28)/t15-/m0/s1. The van der Waals surface area contributed by atoms with E-state index < -0.39 is 45.8 Å². The summed E-state index contributed by atoms with van der Waals surface area (Å²) in [6.45, 7) is 5.50. The Morgan fingerprint density at radius 1 is 1.19 bits per heavy atom. The van der Waals surface area contributed by atoms with E-state index in [4.69, 9.17) is 44.3 Å². The highest BCUT2D eigenvalue weighted by Crippen LogP contribution is 2.37. The Morgan fingerprint density at radius 3 is 2.39 bits per heavy atom. The Hall–Kier alpha value is -1.58. The van der Waals surface area contributed by atoms with Crippen LogP contribution in [0.4, 0.5) is 23.7 Å². The van der Waals surface area contributed by atoms with Gasteiger partial charge in [-0.2, -0.15) is 13.2 Å². The van der Waals surface area contributed by atoms with Gasteiger partial charge in [0.05, 0.1) is 17.7 Å². The van der Waals surface area contributed by atoms with Gasteiger partial charge in [0.1, 0.15) is 11.4 Å². The van der Waals surface area contributed by atoms with Gasteiger partial charge >= 0.3 is 12.3 Å². The summed E-state index contributed by atoms with van der Waals surface area (Å²) in [5.41, 5.74) is -1.99. The van der Waals surface area contributed by atoms with Crippen LogP contribution in [0, 0.1) is 0 Å². The molecule has 1 atom stereocenters. The van der Waals surface area contributed by atoms with Crippen molar-refractivity contribution < 1.29 is 32.2 Å². The number of rotatable bonds is 4. The Kier molecular flexibility index (Phi) is 7.87. The predicted molar refractivity (Wildman–Crippen MR) is 112 cm³/mol. The van der Waals surface area contributed by atoms with Crippen molar-refractivity contribution in [1.29, 1.82) is 0 Å². The highest BCUT2D eigenvalue weighted by atomic mass is 35.6. The van der Waals surface area contributed by atoms with Crippen molar-refractivity contribution in [3.05, 3.63) is 23.8 Å². The van der Waals surface area contributed by atoms with E-state index in [1.807, 2.05) is 0 Å². The van der Waals surface area contributed by atoms with E-state index in [0.717, 1.165) is 18.2 Å². The minimum Gasteiger partial charge on any atom is -0.468 e. The maximum Gasteiger partial charge on any atom is 0.416 e. The van der Waals surface area contributed by atoms with E-state index in [1.165, 1.54) is 4.90 Å². The summed E-state index contributed by atoms with van der Waals surface area (Å²) >= 11 is 16.7. The minimum atomic E-state index is -4.65. The van der Waals surface area contributed by atoms with Crippen LogP contribution in [-0.4, -0.2) is 39.1 Å². The molecule has 1 heterocycles. The number of hydrogen-bond acceptors (Lipinski definition) is 4. The molecule has 12 heteroatoms. The van der Waals surface area contributed by atoms with E-state index in [-0.39, 0.29) is 11.4 Å². The fourth-order valence-electron chi connectivity index (χ4n) is 2.82. The molecule has 0 spiro atoms. The fraction of sp³-hybridized carbons (Fsp3) is 0.579. The number of nitrogens with one attached hydrogen (secondary N) is 1. The van der Waals surface area contributed by atoms with Gasteiger partial charge < -0.3 is 14.8 Å². The molecule has 6 nitrogen and oxygen atoms in total. The summed E-state index contributed by atoms with van der Waals surface area (Å²) < 4.78 is 48.7. The lowest BCUT2D eigenvalue weighted by molar-refractivity contribution is -0.137. The van der Waals surface area contributed by atoms with Crippen LogP contribution in [-0.2, 0) is 15.7 Å². The van der Waals surface area contributed by atoms with Crippen LogP contribution >= 0.6 is 34.8 Å². The van der Waals surface area contributed by atoms with E-state index >= 15 is 0 Å². The van der Waals surface area contributed by atoms with Crippen LogP contribution in [0.1, 0.15) is 45.6 Å². The number of benzene rings is 1. The molecule has 1 saturated heterocycles. The number of hydrogen-bond donors (Lipinski definition) is 1. The topological polar surface area (TPSA) is 67.9 Å². The molecule has 31 heavy (non-hydrogen) atoms. The summed E-state index contributed by atoms with van der Waals surface area (Å²) in [5, 5.41) is 2.28. The highest BCUT2D eigenvalue weighted by molar-refractivity contribution is 6.68. The van der Waals surface area contributed by atoms with Gasteiger partial charge in [-0.25, -0.2) is 4.79 Å². The van der Waals surface area contributed by atoms with E-state index in [1.54, 1.807) is 20.8 Å². The number of alkyl halides is 6. The van der Waals surface area contributed by atoms with Crippen molar-refractivity contribution >= 4 is 52.5 Å². The monoisotopic (exact) mass is 504 g/mol. The second-order valence-corrected chi connectivity index (χ2v) is 10.5. The first kappa shape index (κ1) is 25.7. The first-order valence-corrected chi connectivity index (χ1v) is 10.4. The second kappa shape index (κ2) is 9.50. The minimum absolute atomic E-state index is 0.0638. The third-order valence-electron chi connectivity index (χ3n) is 4.03. The number of likely N-dealkylation sites (tertiary alicyclic amines) is 1. The molecule has 0 bridgehead atoms. The van der Waals surface area contributed by atoms with E-state index in [2.05, 4.69) is 5.32 Å². The van der Waals surface area contributed by atoms with Crippen molar-refractivity contribution in [3.63, 3.8) is 0 Å². The van der Waals surface area contributed by atoms with Crippen LogP contribution in [0.5, 0.6) is 5.75 Å². The first-order chi connectivity index (χ1) is 14.0. The summed E-state index contributed by atoms with van der Waals surface area (Å²) in [4.78, 5) is 25.9. The molecule has 0 radical (unpaired) electrons. The molecular weight excluding hydrogens is 484 g/mol. The number of carbonyl (C=O) groups is 2. The Labute approximate surface area is 192 Å². The molecule has 1 aromatic carbocycles. The first-order valence-electron chi connectivity index (χ1n) is 9.29. The normalized spacial score (nSPS) is 17.5. The molecule has 1 aliphatic heterocycles. The fourth-order valence-corrected chi connectivity index (χ4v) is 3.18. The maximum atomic E-state index is 13.2. The molecule has 1 N–H and O–H groups in total. The van der Waals surface area contributed by atoms with Crippen molar-refractivity contribution in [2.24, 2.45) is 0 Å². The van der Waals surface area contributed by atoms with Gasteiger partial charge in [-0.05, 0) is 45.4 Å². The molecule has 1 aliphatic rings. The molecule has 174 valence electrons. The van der Waals surface area contributed by atoms with Crippen LogP contribution in [0.2, 0.25) is 0 Å². The van der Waals surface area contributed by atoms with Crippen molar-refractivity contribution in [2.75, 3.05) is 11.9 Å². The quantitative estimate of drug-likeness (QED) is 0.499. The van der Waals surface area contributed by atoms with Crippen molar-refractivity contribution in [3.8, 4) is 5.75 Å². The van der Waals surface area contributed by atoms with Gasteiger partial charge in [0.25, 0.3) is 0 Å². The smallest absolute Gasteiger partial charge is 0.416 e. The Bertz CT molecular complexity index is 823. The number of halogens is 6. The molecule has 1 fully saturated rings. The number of carbonyl (C=O) groups excluding carboxylic acids is 2. The van der Waals surface area contributed by atoms with Gasteiger partial charge in [0.2, 0.25) is 5.91 Å². The molecule has 0 saturated carbocycles. The summed E-state index contributed by atoms with van der Waals surface area (Å²) in [5.74, 6) is -0.884. The summed E-state index contributed by atoms with van der Waals surface area (Å²) in [6.07, 6.45) is -5.58. The highest BCUT2D eigenvalue weighted by Gasteiger charge is 2.36. The van der Waals surface area contributed by atoms with Crippen LogP contribution in [0.15, 0.2) is 18.2 Å². The lowest BCUT2D eigenvalue weighted by Crippen LogP contribution is -2.42. The Balaban J connectivity index is 2.27. The summed E-state index contributed by atoms with van der Waals surface area (Å²) in [6, 6.07) is 2.60. The zero-order valence-electron chi connectivity index (χ0n) is 17.0. The zero-order valence-corrected chi connectivity index (χ0v) is 19.3. The van der Waals surface area contributed by atoms with Crippen LogP contribution < -0.4 is 10.1 Å². The van der Waals surface area contributed by atoms with Gasteiger partial charge in [0, 0.05) is 13.0 Å². The van der Waals surface area contributed by atoms with Crippen LogP contribution in [0.25, 0.3) is 0 Å². The molecule has 2 amide bonds. The van der Waals surface area contributed by atoms with E-state index in [0.29, 0.717) is 19.4 Å².